The van der Waals surface area contributed by atoms with Crippen LogP contribution in [0.15, 0.2) is 24.3 Å². The minimum atomic E-state index is -0.327. The molecule has 20 heavy (non-hydrogen) atoms. The van der Waals surface area contributed by atoms with Gasteiger partial charge in [0.15, 0.2) is 5.82 Å². The van der Waals surface area contributed by atoms with Crippen molar-refractivity contribution in [1.82, 2.24) is 9.97 Å². The molecule has 0 aliphatic heterocycles. The zero-order valence-corrected chi connectivity index (χ0v) is 12.4. The van der Waals surface area contributed by atoms with Gasteiger partial charge < -0.3 is 4.74 Å². The zero-order valence-electron chi connectivity index (χ0n) is 10.9. The average molecular weight is 315 g/mol. The van der Waals surface area contributed by atoms with E-state index >= 15 is 0 Å². The van der Waals surface area contributed by atoms with E-state index in [0.29, 0.717) is 23.6 Å². The quantitative estimate of drug-likeness (QED) is 0.601. The molecular formula is C14H13Cl2FN2O. The van der Waals surface area contributed by atoms with Gasteiger partial charge in [0.1, 0.15) is 22.7 Å². The van der Waals surface area contributed by atoms with Crippen LogP contribution >= 0.6 is 23.2 Å². The van der Waals surface area contributed by atoms with Crippen molar-refractivity contribution in [3.05, 3.63) is 46.2 Å². The Morgan fingerprint density at radius 3 is 2.25 bits per heavy atom. The summed E-state index contributed by atoms with van der Waals surface area (Å²) in [7, 11) is 0. The molecular weight excluding hydrogens is 302 g/mol. The Labute approximate surface area is 126 Å². The van der Waals surface area contributed by atoms with Gasteiger partial charge in [0, 0.05) is 6.61 Å². The maximum atomic E-state index is 12.9. The Balaban J connectivity index is 2.29. The lowest BCUT2D eigenvalue weighted by atomic mass is 10.1. The fourth-order valence-electron chi connectivity index (χ4n) is 1.68. The van der Waals surface area contributed by atoms with Crippen molar-refractivity contribution in [3.8, 4) is 11.1 Å². The molecule has 0 bridgehead atoms. The number of hydrogen-bond donors (Lipinski definition) is 0. The first-order chi connectivity index (χ1) is 9.61. The number of halogens is 3. The van der Waals surface area contributed by atoms with Crippen LogP contribution in [-0.4, -0.2) is 16.6 Å². The summed E-state index contributed by atoms with van der Waals surface area (Å²) in [5.41, 5.74) is 1.16. The SMILES string of the molecule is CCCOCc1nc(Cl)c(-c2ccc(F)cc2)c(Cl)n1. The summed E-state index contributed by atoms with van der Waals surface area (Å²) in [6.07, 6.45) is 0.912. The van der Waals surface area contributed by atoms with Crippen LogP contribution in [0.4, 0.5) is 4.39 Å². The maximum Gasteiger partial charge on any atom is 0.157 e. The van der Waals surface area contributed by atoms with Crippen LogP contribution in [0.1, 0.15) is 19.2 Å². The maximum absolute atomic E-state index is 12.9. The van der Waals surface area contributed by atoms with E-state index in [1.54, 1.807) is 12.1 Å². The summed E-state index contributed by atoms with van der Waals surface area (Å²) in [6.45, 7) is 2.90. The number of rotatable bonds is 5. The third kappa shape index (κ3) is 3.66. The average Bonchev–Trinajstić information content (AvgIpc) is 2.40. The van der Waals surface area contributed by atoms with Crippen LogP contribution in [-0.2, 0) is 11.3 Å². The number of ether oxygens (including phenoxy) is 1. The second kappa shape index (κ2) is 6.97. The van der Waals surface area contributed by atoms with Crippen LogP contribution in [0.5, 0.6) is 0 Å². The van der Waals surface area contributed by atoms with Crippen LogP contribution < -0.4 is 0 Å². The molecule has 2 rings (SSSR count). The second-order valence-electron chi connectivity index (χ2n) is 4.16. The first kappa shape index (κ1) is 15.2. The standard InChI is InChI=1S/C14H13Cl2FN2O/c1-2-7-20-8-11-18-13(15)12(14(16)19-11)9-3-5-10(17)6-4-9/h3-6H,2,7-8H2,1H3. The van der Waals surface area contributed by atoms with Gasteiger partial charge in [0.25, 0.3) is 0 Å². The molecule has 0 saturated carbocycles. The normalized spacial score (nSPS) is 10.8. The third-order valence-electron chi connectivity index (χ3n) is 2.58. The number of hydrogen-bond acceptors (Lipinski definition) is 3. The molecule has 0 atom stereocenters. The van der Waals surface area contributed by atoms with Crippen LogP contribution in [0.25, 0.3) is 11.1 Å². The molecule has 1 aromatic carbocycles. The Morgan fingerprint density at radius 2 is 1.70 bits per heavy atom. The van der Waals surface area contributed by atoms with Gasteiger partial charge in [-0.1, -0.05) is 42.3 Å². The minimum absolute atomic E-state index is 0.228. The molecule has 0 radical (unpaired) electrons. The highest BCUT2D eigenvalue weighted by molar-refractivity contribution is 6.37. The van der Waals surface area contributed by atoms with E-state index in [1.165, 1.54) is 12.1 Å². The monoisotopic (exact) mass is 314 g/mol. The van der Waals surface area contributed by atoms with Gasteiger partial charge >= 0.3 is 0 Å². The lowest BCUT2D eigenvalue weighted by Crippen LogP contribution is -2.02. The Hall–Kier alpha value is -1.23. The smallest absolute Gasteiger partial charge is 0.157 e. The van der Waals surface area contributed by atoms with Gasteiger partial charge in [-0.3, -0.25) is 0 Å². The fourth-order valence-corrected chi connectivity index (χ4v) is 2.32. The topological polar surface area (TPSA) is 35.0 Å². The predicted molar refractivity (Wildman–Crippen MR) is 77.4 cm³/mol. The largest absolute Gasteiger partial charge is 0.373 e. The third-order valence-corrected chi connectivity index (χ3v) is 3.13. The summed E-state index contributed by atoms with van der Waals surface area (Å²) in [5, 5.41) is 0.457. The zero-order chi connectivity index (χ0) is 14.5. The van der Waals surface area contributed by atoms with Crippen LogP contribution in [0.3, 0.4) is 0 Å². The molecule has 0 unspecified atom stereocenters. The second-order valence-corrected chi connectivity index (χ2v) is 4.87. The molecule has 0 amide bonds. The number of aromatic nitrogens is 2. The molecule has 6 heteroatoms. The molecule has 1 heterocycles. The molecule has 2 aromatic rings. The Kier molecular flexibility index (Phi) is 5.29. The van der Waals surface area contributed by atoms with E-state index in [4.69, 9.17) is 27.9 Å². The van der Waals surface area contributed by atoms with E-state index in [0.717, 1.165) is 6.42 Å². The molecule has 0 aliphatic rings. The van der Waals surface area contributed by atoms with Crippen molar-refractivity contribution in [2.45, 2.75) is 20.0 Å². The summed E-state index contributed by atoms with van der Waals surface area (Å²) >= 11 is 12.3. The van der Waals surface area contributed by atoms with Gasteiger partial charge in [-0.15, -0.1) is 0 Å². The van der Waals surface area contributed by atoms with E-state index in [-0.39, 0.29) is 22.7 Å². The number of benzene rings is 1. The van der Waals surface area contributed by atoms with E-state index < -0.39 is 0 Å². The molecule has 0 N–H and O–H groups in total. The number of nitrogens with zero attached hydrogens (tertiary/aromatic N) is 2. The van der Waals surface area contributed by atoms with Crippen molar-refractivity contribution in [2.24, 2.45) is 0 Å². The highest BCUT2D eigenvalue weighted by atomic mass is 35.5. The molecule has 1 aromatic heterocycles. The van der Waals surface area contributed by atoms with Gasteiger partial charge in [-0.2, -0.15) is 0 Å². The first-order valence-electron chi connectivity index (χ1n) is 6.17. The van der Waals surface area contributed by atoms with Crippen molar-refractivity contribution in [2.75, 3.05) is 6.61 Å². The van der Waals surface area contributed by atoms with Gasteiger partial charge in [-0.05, 0) is 24.1 Å². The first-order valence-corrected chi connectivity index (χ1v) is 6.93. The Bertz CT molecular complexity index is 567. The van der Waals surface area contributed by atoms with Crippen molar-refractivity contribution in [3.63, 3.8) is 0 Å². The highest BCUT2D eigenvalue weighted by Gasteiger charge is 2.13. The van der Waals surface area contributed by atoms with Crippen molar-refractivity contribution in [1.29, 1.82) is 0 Å². The lowest BCUT2D eigenvalue weighted by molar-refractivity contribution is 0.116. The van der Waals surface area contributed by atoms with Crippen LogP contribution in [0.2, 0.25) is 10.3 Å². The summed E-state index contributed by atoms with van der Waals surface area (Å²) in [4.78, 5) is 8.31. The van der Waals surface area contributed by atoms with Crippen molar-refractivity contribution >= 4 is 23.2 Å². The predicted octanol–water partition coefficient (Wildman–Crippen LogP) is 4.52. The lowest BCUT2D eigenvalue weighted by Gasteiger charge is -2.08. The molecule has 0 aliphatic carbocycles. The van der Waals surface area contributed by atoms with E-state index in [9.17, 15) is 4.39 Å². The molecule has 0 saturated heterocycles. The summed E-state index contributed by atoms with van der Waals surface area (Å²) in [5.74, 6) is 0.103. The van der Waals surface area contributed by atoms with Crippen molar-refractivity contribution < 1.29 is 9.13 Å². The molecule has 3 nitrogen and oxygen atoms in total. The Morgan fingerprint density at radius 1 is 1.10 bits per heavy atom. The highest BCUT2D eigenvalue weighted by Crippen LogP contribution is 2.32. The fraction of sp³-hybridized carbons (Fsp3) is 0.286. The summed E-state index contributed by atoms with van der Waals surface area (Å²) < 4.78 is 18.3. The minimum Gasteiger partial charge on any atom is -0.373 e. The van der Waals surface area contributed by atoms with Crippen LogP contribution in [0, 0.1) is 5.82 Å². The molecule has 106 valence electrons. The van der Waals surface area contributed by atoms with E-state index in [1.807, 2.05) is 6.92 Å². The van der Waals surface area contributed by atoms with Gasteiger partial charge in [-0.25, -0.2) is 14.4 Å². The molecule has 0 spiro atoms. The van der Waals surface area contributed by atoms with E-state index in [2.05, 4.69) is 9.97 Å². The summed E-state index contributed by atoms with van der Waals surface area (Å²) in [6, 6.07) is 5.83. The van der Waals surface area contributed by atoms with Gasteiger partial charge in [0.05, 0.1) is 5.56 Å². The van der Waals surface area contributed by atoms with Gasteiger partial charge in [0.2, 0.25) is 0 Å². The molecule has 0 fully saturated rings.